The van der Waals surface area contributed by atoms with Crippen molar-refractivity contribution in [1.29, 1.82) is 0 Å². The largest absolute Gasteiger partial charge is 4.00 e. The van der Waals surface area contributed by atoms with E-state index >= 15 is 0 Å². The molecule has 2 N–H and O–H groups in total. The van der Waals surface area contributed by atoms with Crippen LogP contribution in [0.2, 0.25) is 0 Å². The minimum absolute atomic E-state index is 0. The summed E-state index contributed by atoms with van der Waals surface area (Å²) in [7, 11) is 0. The van der Waals surface area contributed by atoms with Crippen molar-refractivity contribution in [2.45, 2.75) is 105 Å². The van der Waals surface area contributed by atoms with E-state index in [2.05, 4.69) is 10.6 Å². The molecule has 0 heterocycles. The Labute approximate surface area is 227 Å². The van der Waals surface area contributed by atoms with Gasteiger partial charge in [-0.15, -0.1) is 23.7 Å². The molecule has 1 aliphatic carbocycles. The standard InChI is InChI=1S/C22H30N2O2.2C3H7O.Ti/c1-15-7-9-21(25)17(11-15)13-23-19-5-3-4-6-20(19)24-14-18-12-16(2)8-10-22(18)26;2*1-3(2)4;/h7-12,19-20,23-26H,3-6,13-14H2,1-2H3;2*3H,1-2H3;/q;2*-1;+4/p-2/t19-,20-;;;/m0.../s1. The molecule has 0 saturated heterocycles. The summed E-state index contributed by atoms with van der Waals surface area (Å²) in [4.78, 5) is 0. The van der Waals surface area contributed by atoms with Crippen molar-refractivity contribution in [2.24, 2.45) is 0 Å². The third-order valence-corrected chi connectivity index (χ3v) is 5.31. The Morgan fingerprint density at radius 2 is 1.03 bits per heavy atom. The minimum atomic E-state index is -0.417. The molecule has 1 fully saturated rings. The van der Waals surface area contributed by atoms with E-state index in [0.29, 0.717) is 25.2 Å². The van der Waals surface area contributed by atoms with Gasteiger partial charge in [-0.05, 0) is 37.8 Å². The molecule has 192 valence electrons. The van der Waals surface area contributed by atoms with Crippen molar-refractivity contribution in [3.05, 3.63) is 58.7 Å². The fraction of sp³-hybridized carbons (Fsp3) is 0.571. The Morgan fingerprint density at radius 1 is 0.714 bits per heavy atom. The van der Waals surface area contributed by atoms with Crippen LogP contribution in [-0.2, 0) is 34.8 Å². The first-order valence-corrected chi connectivity index (χ1v) is 12.3. The average Bonchev–Trinajstić information content (AvgIpc) is 2.75. The first kappa shape index (κ1) is 33.6. The second kappa shape index (κ2) is 17.9. The summed E-state index contributed by atoms with van der Waals surface area (Å²) in [6.07, 6.45) is 3.75. The number of benzene rings is 2. The Balaban J connectivity index is 0.00000112. The third-order valence-electron chi connectivity index (χ3n) is 5.31. The van der Waals surface area contributed by atoms with Crippen LogP contribution in [0.15, 0.2) is 36.4 Å². The molecular weight excluding hydrogens is 476 g/mol. The Morgan fingerprint density at radius 3 is 1.34 bits per heavy atom. The first-order chi connectivity index (χ1) is 16.0. The second-order valence-electron chi connectivity index (χ2n) is 9.58. The van der Waals surface area contributed by atoms with Crippen molar-refractivity contribution >= 4 is 0 Å². The van der Waals surface area contributed by atoms with Gasteiger partial charge in [0.2, 0.25) is 0 Å². The first-order valence-electron chi connectivity index (χ1n) is 12.3. The summed E-state index contributed by atoms with van der Waals surface area (Å²) >= 11 is 0. The van der Waals surface area contributed by atoms with E-state index in [0.717, 1.165) is 35.1 Å². The molecule has 6 nitrogen and oxygen atoms in total. The maximum atomic E-state index is 12.0. The maximum Gasteiger partial charge on any atom is 4.00 e. The van der Waals surface area contributed by atoms with Gasteiger partial charge < -0.3 is 31.1 Å². The van der Waals surface area contributed by atoms with Gasteiger partial charge in [0.25, 0.3) is 0 Å². The number of aryl methyl sites for hydroxylation is 2. The molecule has 0 aliphatic heterocycles. The fourth-order valence-corrected chi connectivity index (χ4v) is 3.79. The van der Waals surface area contributed by atoms with Crippen LogP contribution in [-0.4, -0.2) is 24.3 Å². The monoisotopic (exact) mass is 518 g/mol. The van der Waals surface area contributed by atoms with Crippen LogP contribution in [0.25, 0.3) is 0 Å². The fourth-order valence-electron chi connectivity index (χ4n) is 3.79. The van der Waals surface area contributed by atoms with Crippen LogP contribution in [0.4, 0.5) is 0 Å². The number of rotatable bonds is 6. The second-order valence-corrected chi connectivity index (χ2v) is 9.58. The molecule has 2 aromatic carbocycles. The number of hydrogen-bond donors (Lipinski definition) is 2. The van der Waals surface area contributed by atoms with E-state index < -0.39 is 12.2 Å². The molecule has 0 amide bonds. The summed E-state index contributed by atoms with van der Waals surface area (Å²) in [6.45, 7) is 11.7. The quantitative estimate of drug-likeness (QED) is 0.567. The zero-order valence-electron chi connectivity index (χ0n) is 22.1. The zero-order chi connectivity index (χ0) is 25.7. The van der Waals surface area contributed by atoms with Crippen molar-refractivity contribution in [3.8, 4) is 11.5 Å². The van der Waals surface area contributed by atoms with E-state index in [1.165, 1.54) is 12.8 Å². The molecule has 2 atom stereocenters. The van der Waals surface area contributed by atoms with Crippen LogP contribution >= 0.6 is 0 Å². The molecule has 35 heavy (non-hydrogen) atoms. The van der Waals surface area contributed by atoms with Crippen LogP contribution < -0.4 is 31.1 Å². The minimum Gasteiger partial charge on any atom is -0.872 e. The smallest absolute Gasteiger partial charge is 0.872 e. The number of nitrogens with one attached hydrogen (secondary N) is 2. The van der Waals surface area contributed by atoms with Gasteiger partial charge in [-0.1, -0.05) is 88.1 Å². The summed E-state index contributed by atoms with van der Waals surface area (Å²) in [6, 6.07) is 11.6. The molecule has 0 radical (unpaired) electrons. The Hall–Kier alpha value is -1.41. The van der Waals surface area contributed by atoms with Gasteiger partial charge in [0.05, 0.1) is 0 Å². The normalized spacial score (nSPS) is 17.1. The van der Waals surface area contributed by atoms with Crippen LogP contribution in [0.1, 0.15) is 75.6 Å². The predicted octanol–water partition coefficient (Wildman–Crippen LogP) is 2.15. The van der Waals surface area contributed by atoms with Gasteiger partial charge in [-0.25, -0.2) is 0 Å². The van der Waals surface area contributed by atoms with E-state index in [9.17, 15) is 20.4 Å². The third kappa shape index (κ3) is 14.7. The summed E-state index contributed by atoms with van der Waals surface area (Å²) in [5.41, 5.74) is 3.88. The summed E-state index contributed by atoms with van der Waals surface area (Å²) in [5.74, 6) is 0.193. The zero-order valence-corrected chi connectivity index (χ0v) is 23.7. The molecule has 0 unspecified atom stereocenters. The van der Waals surface area contributed by atoms with Gasteiger partial charge in [-0.2, -0.15) is 0 Å². The Kier molecular flexibility index (Phi) is 17.2. The van der Waals surface area contributed by atoms with Crippen molar-refractivity contribution in [1.82, 2.24) is 10.6 Å². The number of hydrogen-bond acceptors (Lipinski definition) is 6. The SMILES string of the molecule is CC(C)[O-].CC(C)[O-].Cc1ccc([O-])c(CN[C@H]2CCCC[C@@H]2NCc2cc(C)ccc2[O-])c1.[Ti+4]. The van der Waals surface area contributed by atoms with Gasteiger partial charge in [0.1, 0.15) is 0 Å². The van der Waals surface area contributed by atoms with Crippen molar-refractivity contribution in [3.63, 3.8) is 0 Å². The molecule has 0 bridgehead atoms. The van der Waals surface area contributed by atoms with Crippen molar-refractivity contribution < 1.29 is 42.1 Å². The predicted molar refractivity (Wildman–Crippen MR) is 131 cm³/mol. The van der Waals surface area contributed by atoms with Crippen LogP contribution in [0.3, 0.4) is 0 Å². The summed E-state index contributed by atoms with van der Waals surface area (Å²) < 4.78 is 0. The average molecular weight is 519 g/mol. The van der Waals surface area contributed by atoms with E-state index in [-0.39, 0.29) is 33.2 Å². The van der Waals surface area contributed by atoms with Gasteiger partial charge in [0, 0.05) is 25.2 Å². The summed E-state index contributed by atoms with van der Waals surface area (Å²) in [5, 5.41) is 50.2. The van der Waals surface area contributed by atoms with Gasteiger partial charge >= 0.3 is 21.7 Å². The Bertz CT molecular complexity index is 771. The molecule has 0 spiro atoms. The molecule has 1 aliphatic rings. The van der Waals surface area contributed by atoms with Gasteiger partial charge in [-0.3, -0.25) is 0 Å². The van der Waals surface area contributed by atoms with E-state index in [1.807, 2.05) is 38.1 Å². The van der Waals surface area contributed by atoms with E-state index in [4.69, 9.17) is 0 Å². The topological polar surface area (TPSA) is 116 Å². The van der Waals surface area contributed by atoms with Crippen LogP contribution in [0, 0.1) is 13.8 Å². The van der Waals surface area contributed by atoms with Crippen LogP contribution in [0.5, 0.6) is 11.5 Å². The molecule has 2 aromatic rings. The molecule has 0 aromatic heterocycles. The van der Waals surface area contributed by atoms with E-state index in [1.54, 1.807) is 39.8 Å². The van der Waals surface area contributed by atoms with Gasteiger partial charge in [0.15, 0.2) is 0 Å². The van der Waals surface area contributed by atoms with Crippen molar-refractivity contribution in [2.75, 3.05) is 0 Å². The molecule has 3 rings (SSSR count). The maximum absolute atomic E-state index is 12.0. The molecule has 1 saturated carbocycles. The molecule has 7 heteroatoms. The molecular formula is C28H42N2O4Ti.